The maximum atomic E-state index is 12.0. The molecule has 0 aliphatic heterocycles. The third-order valence-electron chi connectivity index (χ3n) is 3.70. The largest absolute Gasteiger partial charge is 0.247 e. The molecular weight excluding hydrogens is 320 g/mol. The van der Waals surface area contributed by atoms with Crippen molar-refractivity contribution in [2.24, 2.45) is 0 Å². The Hall–Kier alpha value is -2.53. The van der Waals surface area contributed by atoms with E-state index in [4.69, 9.17) is 0 Å². The van der Waals surface area contributed by atoms with E-state index >= 15 is 0 Å². The van der Waals surface area contributed by atoms with Crippen LogP contribution in [0, 0.1) is 13.8 Å². The highest BCUT2D eigenvalue weighted by Crippen LogP contribution is 2.25. The zero-order valence-electron chi connectivity index (χ0n) is 13.8. The number of benzene rings is 2. The van der Waals surface area contributed by atoms with Crippen LogP contribution in [0.4, 0.5) is 0 Å². The van der Waals surface area contributed by atoms with E-state index in [-0.39, 0.29) is 5.16 Å². The summed E-state index contributed by atoms with van der Waals surface area (Å²) in [5.74, 6) is 0. The molecule has 1 heterocycles. The summed E-state index contributed by atoms with van der Waals surface area (Å²) in [5.41, 5.74) is 5.16. The Morgan fingerprint density at radius 3 is 1.96 bits per heavy atom. The third kappa shape index (κ3) is 3.51. The van der Waals surface area contributed by atoms with Crippen LogP contribution < -0.4 is 0 Å². The van der Waals surface area contributed by atoms with Crippen LogP contribution in [0.25, 0.3) is 22.5 Å². The molecule has 5 heteroatoms. The van der Waals surface area contributed by atoms with E-state index in [0.29, 0.717) is 11.4 Å². The van der Waals surface area contributed by atoms with Crippen molar-refractivity contribution in [2.45, 2.75) is 19.0 Å². The normalized spacial score (nSPS) is 11.5. The fraction of sp³-hybridized carbons (Fsp3) is 0.158. The molecule has 0 saturated carbocycles. The zero-order valence-corrected chi connectivity index (χ0v) is 14.6. The maximum absolute atomic E-state index is 12.0. The molecule has 0 fully saturated rings. The molecule has 0 N–H and O–H groups in total. The molecule has 0 aliphatic carbocycles. The Kier molecular flexibility index (Phi) is 4.20. The summed E-state index contributed by atoms with van der Waals surface area (Å²) in [4.78, 5) is 8.51. The maximum Gasteiger partial charge on any atom is 0.247 e. The summed E-state index contributed by atoms with van der Waals surface area (Å²) in [6, 6.07) is 17.5. The second-order valence-corrected chi connectivity index (χ2v) is 7.84. The minimum Gasteiger partial charge on any atom is -0.221 e. The average molecular weight is 338 g/mol. The van der Waals surface area contributed by atoms with Crippen molar-refractivity contribution in [3.8, 4) is 22.5 Å². The number of sulfone groups is 1. The van der Waals surface area contributed by atoms with Gasteiger partial charge in [-0.2, -0.15) is 0 Å². The van der Waals surface area contributed by atoms with Gasteiger partial charge < -0.3 is 0 Å². The van der Waals surface area contributed by atoms with E-state index < -0.39 is 9.84 Å². The van der Waals surface area contributed by atoms with Crippen LogP contribution in [0.5, 0.6) is 0 Å². The van der Waals surface area contributed by atoms with Crippen molar-refractivity contribution in [1.82, 2.24) is 9.97 Å². The Balaban J connectivity index is 2.23. The quantitative estimate of drug-likeness (QED) is 0.681. The van der Waals surface area contributed by atoms with Crippen molar-refractivity contribution < 1.29 is 8.42 Å². The Bertz CT molecular complexity index is 994. The molecular formula is C19H18N2O2S. The van der Waals surface area contributed by atoms with E-state index in [0.717, 1.165) is 28.5 Å². The highest BCUT2D eigenvalue weighted by Gasteiger charge is 2.16. The first-order valence-corrected chi connectivity index (χ1v) is 9.45. The molecule has 122 valence electrons. The second kappa shape index (κ2) is 6.17. The molecule has 0 atom stereocenters. The van der Waals surface area contributed by atoms with E-state index in [1.54, 1.807) is 0 Å². The van der Waals surface area contributed by atoms with Crippen LogP contribution in [0.1, 0.15) is 11.1 Å². The van der Waals surface area contributed by atoms with Gasteiger partial charge in [-0.15, -0.1) is 0 Å². The highest BCUT2D eigenvalue weighted by molar-refractivity contribution is 7.90. The first-order valence-electron chi connectivity index (χ1n) is 7.56. The lowest BCUT2D eigenvalue weighted by molar-refractivity contribution is 0.593. The first kappa shape index (κ1) is 16.3. The number of nitrogens with zero attached hydrogens (tertiary/aromatic N) is 2. The van der Waals surface area contributed by atoms with Gasteiger partial charge in [-0.3, -0.25) is 0 Å². The van der Waals surface area contributed by atoms with Gasteiger partial charge in [-0.25, -0.2) is 18.4 Å². The van der Waals surface area contributed by atoms with E-state index in [1.807, 2.05) is 68.4 Å². The molecule has 0 aliphatic rings. The van der Waals surface area contributed by atoms with Crippen LogP contribution in [0.3, 0.4) is 0 Å². The van der Waals surface area contributed by atoms with Crippen LogP contribution >= 0.6 is 0 Å². The zero-order chi connectivity index (χ0) is 17.3. The van der Waals surface area contributed by atoms with Crippen LogP contribution in [-0.4, -0.2) is 24.6 Å². The molecule has 0 amide bonds. The monoisotopic (exact) mass is 338 g/mol. The summed E-state index contributed by atoms with van der Waals surface area (Å²) >= 11 is 0. The molecule has 1 aromatic heterocycles. The minimum absolute atomic E-state index is 0.155. The summed E-state index contributed by atoms with van der Waals surface area (Å²) in [6.07, 6.45) is 1.13. The molecule has 4 nitrogen and oxygen atoms in total. The van der Waals surface area contributed by atoms with Crippen molar-refractivity contribution >= 4 is 9.84 Å². The van der Waals surface area contributed by atoms with Gasteiger partial charge in [-0.05, 0) is 26.0 Å². The number of hydrogen-bond acceptors (Lipinski definition) is 4. The van der Waals surface area contributed by atoms with E-state index in [1.165, 1.54) is 0 Å². The molecule has 0 unspecified atom stereocenters. The SMILES string of the molecule is Cc1ccc(-c2cc(-c3cccc(C)c3)nc(S(C)(=O)=O)n2)cc1. The van der Waals surface area contributed by atoms with Gasteiger partial charge in [0.1, 0.15) is 0 Å². The van der Waals surface area contributed by atoms with Gasteiger partial charge in [0.25, 0.3) is 0 Å². The predicted octanol–water partition coefficient (Wildman–Crippen LogP) is 3.83. The lowest BCUT2D eigenvalue weighted by Gasteiger charge is -2.08. The third-order valence-corrected chi connectivity index (χ3v) is 4.54. The molecule has 24 heavy (non-hydrogen) atoms. The topological polar surface area (TPSA) is 59.9 Å². The summed E-state index contributed by atoms with van der Waals surface area (Å²) in [5, 5.41) is -0.155. The molecule has 3 rings (SSSR count). The standard InChI is InChI=1S/C19H18N2O2S/c1-13-7-9-15(10-8-13)17-12-18(16-6-4-5-14(2)11-16)21-19(20-17)24(3,22)23/h4-12H,1-3H3. The highest BCUT2D eigenvalue weighted by atomic mass is 32.2. The summed E-state index contributed by atoms with van der Waals surface area (Å²) < 4.78 is 24.0. The van der Waals surface area contributed by atoms with E-state index in [2.05, 4.69) is 9.97 Å². The second-order valence-electron chi connectivity index (χ2n) is 5.93. The fourth-order valence-electron chi connectivity index (χ4n) is 2.42. The van der Waals surface area contributed by atoms with Crippen molar-refractivity contribution in [3.05, 3.63) is 65.7 Å². The first-order chi connectivity index (χ1) is 11.3. The van der Waals surface area contributed by atoms with Crippen LogP contribution in [-0.2, 0) is 9.84 Å². The predicted molar refractivity (Wildman–Crippen MR) is 95.5 cm³/mol. The van der Waals surface area contributed by atoms with Gasteiger partial charge in [0, 0.05) is 17.4 Å². The molecule has 3 aromatic rings. The van der Waals surface area contributed by atoms with Gasteiger partial charge in [-0.1, -0.05) is 53.6 Å². The van der Waals surface area contributed by atoms with Crippen molar-refractivity contribution in [2.75, 3.05) is 6.26 Å². The average Bonchev–Trinajstić information content (AvgIpc) is 2.54. The fourth-order valence-corrected chi connectivity index (χ4v) is 2.94. The minimum atomic E-state index is -3.50. The molecule has 0 bridgehead atoms. The molecule has 2 aromatic carbocycles. The summed E-state index contributed by atoms with van der Waals surface area (Å²) in [7, 11) is -3.50. The number of hydrogen-bond donors (Lipinski definition) is 0. The lowest BCUT2D eigenvalue weighted by Crippen LogP contribution is -2.06. The number of aryl methyl sites for hydroxylation is 2. The van der Waals surface area contributed by atoms with E-state index in [9.17, 15) is 8.42 Å². The molecule has 0 spiro atoms. The number of aromatic nitrogens is 2. The van der Waals surface area contributed by atoms with Gasteiger partial charge in [0.2, 0.25) is 15.0 Å². The molecule has 0 saturated heterocycles. The Labute approximate surface area is 142 Å². The smallest absolute Gasteiger partial charge is 0.221 e. The van der Waals surface area contributed by atoms with Crippen LogP contribution in [0.2, 0.25) is 0 Å². The van der Waals surface area contributed by atoms with Gasteiger partial charge >= 0.3 is 0 Å². The Morgan fingerprint density at radius 2 is 1.38 bits per heavy atom. The van der Waals surface area contributed by atoms with Gasteiger partial charge in [0.05, 0.1) is 11.4 Å². The van der Waals surface area contributed by atoms with Crippen LogP contribution in [0.15, 0.2) is 59.8 Å². The summed E-state index contributed by atoms with van der Waals surface area (Å²) in [6.45, 7) is 3.99. The van der Waals surface area contributed by atoms with Crippen molar-refractivity contribution in [3.63, 3.8) is 0 Å². The lowest BCUT2D eigenvalue weighted by atomic mass is 10.1. The van der Waals surface area contributed by atoms with Gasteiger partial charge in [0.15, 0.2) is 0 Å². The molecule has 0 radical (unpaired) electrons. The van der Waals surface area contributed by atoms with Crippen molar-refractivity contribution in [1.29, 1.82) is 0 Å². The number of rotatable bonds is 3. The Morgan fingerprint density at radius 1 is 0.750 bits per heavy atom.